The van der Waals surface area contributed by atoms with Gasteiger partial charge in [-0.3, -0.25) is 9.80 Å². The predicted octanol–water partition coefficient (Wildman–Crippen LogP) is 14.3. The topological polar surface area (TPSA) is 33.4 Å². The van der Waals surface area contributed by atoms with Crippen molar-refractivity contribution in [2.24, 2.45) is 0 Å². The Hall–Kier alpha value is -9.84. The summed E-state index contributed by atoms with van der Waals surface area (Å²) in [6, 6.07) is 66.3. The number of amides is 2. The monoisotopic (exact) mass is 1020 g/mol. The van der Waals surface area contributed by atoms with E-state index in [-0.39, 0.29) is 19.5 Å². The molecule has 10 aromatic carbocycles. The molecule has 0 aliphatic carbocycles. The van der Waals surface area contributed by atoms with Gasteiger partial charge in [0.05, 0.1) is 33.4 Å². The highest BCUT2D eigenvalue weighted by Gasteiger charge is 2.49. The zero-order valence-corrected chi connectivity index (χ0v) is 45.3. The van der Waals surface area contributed by atoms with Gasteiger partial charge < -0.3 is 9.13 Å². The molecule has 15 rings (SSSR count). The number of hydrogen-bond donors (Lipinski definition) is 0. The number of aromatic nitrogens is 2. The summed E-state index contributed by atoms with van der Waals surface area (Å²) in [4.78, 5) is 21.3. The zero-order valence-electron chi connectivity index (χ0n) is 45.3. The number of carbonyl (C=O) groups excluding carboxylic acids is 1. The Balaban J connectivity index is 1.09. The van der Waals surface area contributed by atoms with E-state index in [1.165, 1.54) is 22.1 Å². The molecule has 2 aromatic heterocycles. The molecular formula is C73H54B2N4O. The molecule has 0 spiro atoms. The highest BCUT2D eigenvalue weighted by atomic mass is 16.2. The zero-order chi connectivity index (χ0) is 54.4. The highest BCUT2D eigenvalue weighted by molar-refractivity contribution is 7.00. The molecule has 0 fully saturated rings. The van der Waals surface area contributed by atoms with E-state index in [2.05, 4.69) is 255 Å². The predicted molar refractivity (Wildman–Crippen MR) is 344 cm³/mol. The molecule has 378 valence electrons. The number of urea groups is 1. The van der Waals surface area contributed by atoms with Crippen LogP contribution in [0.1, 0.15) is 33.4 Å². The molecule has 0 saturated carbocycles. The number of fused-ring (bicyclic) bond motifs is 10. The van der Waals surface area contributed by atoms with Gasteiger partial charge in [0.15, 0.2) is 0 Å². The molecule has 0 N–H and O–H groups in total. The minimum absolute atomic E-state index is 0.110. The van der Waals surface area contributed by atoms with E-state index in [0.717, 1.165) is 144 Å². The van der Waals surface area contributed by atoms with Crippen LogP contribution in [0.3, 0.4) is 0 Å². The Morgan fingerprint density at radius 2 is 0.887 bits per heavy atom. The minimum Gasteiger partial charge on any atom is -0.309 e. The van der Waals surface area contributed by atoms with Gasteiger partial charge in [-0.05, 0) is 126 Å². The fourth-order valence-corrected chi connectivity index (χ4v) is 14.4. The number of hydrogen-bond acceptors (Lipinski definition) is 1. The number of rotatable bonds is 9. The van der Waals surface area contributed by atoms with Crippen LogP contribution in [0, 0.1) is 27.7 Å². The second-order valence-electron chi connectivity index (χ2n) is 22.0. The maximum absolute atomic E-state index is 17.1. The second-order valence-corrected chi connectivity index (χ2v) is 22.0. The third-order valence-electron chi connectivity index (χ3n) is 17.7. The summed E-state index contributed by atoms with van der Waals surface area (Å²) in [5.41, 5.74) is 25.6. The third kappa shape index (κ3) is 6.52. The van der Waals surface area contributed by atoms with Crippen molar-refractivity contribution in [2.45, 2.75) is 27.7 Å². The summed E-state index contributed by atoms with van der Waals surface area (Å²) in [5.74, 6) is 0. The fraction of sp³-hybridized carbons (Fsp3) is 0.0548. The molecule has 80 heavy (non-hydrogen) atoms. The van der Waals surface area contributed by atoms with Gasteiger partial charge in [-0.1, -0.05) is 217 Å². The molecule has 3 aliphatic heterocycles. The van der Waals surface area contributed by atoms with Gasteiger partial charge >= 0.3 is 6.03 Å². The van der Waals surface area contributed by atoms with E-state index in [1.54, 1.807) is 0 Å². The van der Waals surface area contributed by atoms with Gasteiger partial charge in [0.25, 0.3) is 0 Å². The number of aryl methyl sites for hydroxylation is 4. The standard InChI is InChI=1S/C73H54B2N4O/c1-9-22-48(11-3)51-37-46(7)70(47(8)38-51)75-59-34-32-49-31-33-58-71-68(49)72(59)79(67-42-65-57(40-61(67)75)55-28-19-21-30-63(55)77(65)53-25-16-13-17-26-53)73(80)78(71)66-41-64-56(54-27-18-20-29-62(54)76(64)52-23-14-12-15-24-52)39-60(66)74(58)69-44(5)35-50(36-45(69)6)43(4)10-2/h9-42H,1-4H2,5-8H3/b48-22+. The van der Waals surface area contributed by atoms with Gasteiger partial charge in [0, 0.05) is 49.7 Å². The average Bonchev–Trinajstić information content (AvgIpc) is 1.88. The molecular weight excluding hydrogens is 970 g/mol. The number of allylic oxidation sites excluding steroid dienone is 6. The van der Waals surface area contributed by atoms with E-state index in [4.69, 9.17) is 0 Å². The van der Waals surface area contributed by atoms with E-state index < -0.39 is 0 Å². The van der Waals surface area contributed by atoms with Gasteiger partial charge in [-0.25, -0.2) is 4.79 Å². The largest absolute Gasteiger partial charge is 0.338 e. The Kier molecular flexibility index (Phi) is 10.4. The van der Waals surface area contributed by atoms with Crippen LogP contribution in [0.15, 0.2) is 233 Å². The Bertz CT molecular complexity index is 4780. The molecule has 0 saturated heterocycles. The van der Waals surface area contributed by atoms with Gasteiger partial charge in [-0.2, -0.15) is 0 Å². The molecule has 2 amide bonds. The van der Waals surface area contributed by atoms with Gasteiger partial charge in [0.1, 0.15) is 0 Å². The number of para-hydroxylation sites is 4. The molecule has 5 heterocycles. The van der Waals surface area contributed by atoms with Gasteiger partial charge in [-0.15, -0.1) is 0 Å². The number of anilines is 4. The Morgan fingerprint density at radius 3 is 1.32 bits per heavy atom. The highest BCUT2D eigenvalue weighted by Crippen LogP contribution is 2.50. The second kappa shape index (κ2) is 17.6. The van der Waals surface area contributed by atoms with E-state index >= 15 is 4.79 Å². The van der Waals surface area contributed by atoms with Crippen LogP contribution in [0.2, 0.25) is 0 Å². The third-order valence-corrected chi connectivity index (χ3v) is 17.7. The molecule has 0 bridgehead atoms. The van der Waals surface area contributed by atoms with Crippen molar-refractivity contribution in [3.8, 4) is 11.4 Å². The fourth-order valence-electron chi connectivity index (χ4n) is 14.4. The molecule has 3 aliphatic rings. The summed E-state index contributed by atoms with van der Waals surface area (Å²) in [5, 5.41) is 6.73. The first-order chi connectivity index (χ1) is 39.1. The van der Waals surface area contributed by atoms with Crippen molar-refractivity contribution in [1.29, 1.82) is 0 Å². The Labute approximate surface area is 466 Å². The normalized spacial score (nSPS) is 13.4. The van der Waals surface area contributed by atoms with Crippen molar-refractivity contribution in [3.63, 3.8) is 0 Å². The van der Waals surface area contributed by atoms with E-state index in [1.807, 2.05) is 24.3 Å². The first kappa shape index (κ1) is 47.4. The number of benzene rings is 10. The molecule has 0 radical (unpaired) electrons. The van der Waals surface area contributed by atoms with Crippen LogP contribution in [-0.4, -0.2) is 28.6 Å². The summed E-state index contributed by atoms with van der Waals surface area (Å²) in [7, 11) is 0. The van der Waals surface area contributed by atoms with Crippen LogP contribution >= 0.6 is 0 Å². The summed E-state index contributed by atoms with van der Waals surface area (Å²) in [6.45, 7) is 25.2. The quantitative estimate of drug-likeness (QED) is 0.105. The maximum atomic E-state index is 17.1. The van der Waals surface area contributed by atoms with Crippen molar-refractivity contribution in [2.75, 3.05) is 9.80 Å². The van der Waals surface area contributed by atoms with Crippen molar-refractivity contribution >= 4 is 141 Å². The van der Waals surface area contributed by atoms with Crippen LogP contribution in [0.25, 0.3) is 76.9 Å². The molecule has 5 nitrogen and oxygen atoms in total. The maximum Gasteiger partial charge on any atom is 0.338 e. The van der Waals surface area contributed by atoms with Crippen LogP contribution in [0.4, 0.5) is 27.5 Å². The SMILES string of the molecule is C=C/C=C(\C=C)c1cc(C)c(B2c3cc4c5ccccc5n(-c5ccccc5)c4cc3N3C(=O)N4c5cc6c(cc5B(c5c(C)cc(C(=C)C=C)cc5C)c5ccc7ccc2c3c7c54)c2ccccc2n6-c2ccccc2)c(C)c1. The Morgan fingerprint density at radius 1 is 0.450 bits per heavy atom. The van der Waals surface area contributed by atoms with Crippen LogP contribution in [0.5, 0.6) is 0 Å². The summed E-state index contributed by atoms with van der Waals surface area (Å²) in [6.07, 6.45) is 7.59. The first-order valence-corrected chi connectivity index (χ1v) is 27.6. The lowest BCUT2D eigenvalue weighted by molar-refractivity contribution is 0.255. The lowest BCUT2D eigenvalue weighted by Crippen LogP contribution is -2.65. The van der Waals surface area contributed by atoms with E-state index in [9.17, 15) is 0 Å². The smallest absolute Gasteiger partial charge is 0.309 e. The average molecular weight is 1020 g/mol. The van der Waals surface area contributed by atoms with Crippen molar-refractivity contribution in [3.05, 3.63) is 266 Å². The minimum atomic E-state index is -0.230. The molecule has 0 atom stereocenters. The van der Waals surface area contributed by atoms with Gasteiger partial charge in [0.2, 0.25) is 13.4 Å². The van der Waals surface area contributed by atoms with E-state index in [0.29, 0.717) is 0 Å². The van der Waals surface area contributed by atoms with Crippen molar-refractivity contribution < 1.29 is 4.79 Å². The first-order valence-electron chi connectivity index (χ1n) is 27.6. The van der Waals surface area contributed by atoms with Crippen LogP contribution in [-0.2, 0) is 0 Å². The number of nitrogens with zero attached hydrogens (tertiary/aromatic N) is 4. The molecule has 0 unspecified atom stereocenters. The summed E-state index contributed by atoms with van der Waals surface area (Å²) < 4.78 is 4.73. The molecule has 12 aromatic rings. The summed E-state index contributed by atoms with van der Waals surface area (Å²) >= 11 is 0. The lowest BCUT2D eigenvalue weighted by atomic mass is 9.32. The van der Waals surface area contributed by atoms with Crippen LogP contribution < -0.4 is 42.6 Å². The number of carbonyl (C=O) groups is 1. The lowest BCUT2D eigenvalue weighted by Gasteiger charge is -2.47. The van der Waals surface area contributed by atoms with Crippen molar-refractivity contribution in [1.82, 2.24) is 9.13 Å². The molecule has 7 heteroatoms.